The zero-order chi connectivity index (χ0) is 14.6. The van der Waals surface area contributed by atoms with Crippen LogP contribution in [0.1, 0.15) is 63.3 Å². The maximum Gasteiger partial charge on any atom is 0.129 e. The number of aromatic nitrogens is 2. The van der Waals surface area contributed by atoms with Gasteiger partial charge in [0.1, 0.15) is 5.82 Å². The van der Waals surface area contributed by atoms with Gasteiger partial charge >= 0.3 is 0 Å². The van der Waals surface area contributed by atoms with E-state index in [1.807, 2.05) is 0 Å². The molecular weight excluding hydrogens is 234 g/mol. The van der Waals surface area contributed by atoms with Gasteiger partial charge in [-0.2, -0.15) is 0 Å². The van der Waals surface area contributed by atoms with E-state index in [9.17, 15) is 0 Å². The van der Waals surface area contributed by atoms with Crippen LogP contribution in [0.2, 0.25) is 0 Å². The van der Waals surface area contributed by atoms with Crippen LogP contribution < -0.4 is 5.32 Å². The second-order valence-electron chi connectivity index (χ2n) is 6.67. The van der Waals surface area contributed by atoms with E-state index in [-0.39, 0.29) is 5.41 Å². The summed E-state index contributed by atoms with van der Waals surface area (Å²) < 4.78 is 0. The summed E-state index contributed by atoms with van der Waals surface area (Å²) in [4.78, 5) is 9.42. The Balaban J connectivity index is 2.97. The molecule has 19 heavy (non-hydrogen) atoms. The fourth-order valence-electron chi connectivity index (χ4n) is 2.52. The van der Waals surface area contributed by atoms with Crippen molar-refractivity contribution < 1.29 is 0 Å². The zero-order valence-corrected chi connectivity index (χ0v) is 13.6. The quantitative estimate of drug-likeness (QED) is 0.885. The summed E-state index contributed by atoms with van der Waals surface area (Å²) >= 11 is 0. The molecule has 0 aliphatic heterocycles. The van der Waals surface area contributed by atoms with Crippen LogP contribution in [0.3, 0.4) is 0 Å². The minimum absolute atomic E-state index is 0.232. The van der Waals surface area contributed by atoms with Crippen molar-refractivity contribution in [3.63, 3.8) is 0 Å². The second-order valence-corrected chi connectivity index (χ2v) is 6.67. The van der Waals surface area contributed by atoms with Gasteiger partial charge in [0, 0.05) is 24.4 Å². The average molecular weight is 263 g/mol. The first-order valence-corrected chi connectivity index (χ1v) is 7.29. The Hall–Kier alpha value is -0.960. The number of aryl methyl sites for hydroxylation is 2. The molecule has 0 saturated heterocycles. The molecule has 3 nitrogen and oxygen atoms in total. The normalized spacial score (nSPS) is 13.6. The molecule has 0 amide bonds. The predicted octanol–water partition coefficient (Wildman–Crippen LogP) is 3.40. The van der Waals surface area contributed by atoms with Crippen LogP contribution in [-0.2, 0) is 6.42 Å². The van der Waals surface area contributed by atoms with Gasteiger partial charge in [-0.25, -0.2) is 9.97 Å². The molecule has 0 aliphatic rings. The first-order chi connectivity index (χ1) is 8.74. The summed E-state index contributed by atoms with van der Waals surface area (Å²) in [5.41, 5.74) is 3.81. The maximum absolute atomic E-state index is 4.71. The molecule has 1 N–H and O–H groups in total. The molecule has 0 bridgehead atoms. The average Bonchev–Trinajstić information content (AvgIpc) is 2.22. The Kier molecular flexibility index (Phi) is 5.48. The third-order valence-electron chi connectivity index (χ3n) is 3.25. The van der Waals surface area contributed by atoms with Gasteiger partial charge in [0.2, 0.25) is 0 Å². The first-order valence-electron chi connectivity index (χ1n) is 7.29. The lowest BCUT2D eigenvalue weighted by atomic mass is 9.91. The van der Waals surface area contributed by atoms with Crippen molar-refractivity contribution >= 4 is 0 Å². The summed E-state index contributed by atoms with van der Waals surface area (Å²) in [6.45, 7) is 17.3. The Morgan fingerprint density at radius 2 is 1.63 bits per heavy atom. The van der Waals surface area contributed by atoms with E-state index in [1.54, 1.807) is 0 Å². The molecule has 1 aromatic rings. The Morgan fingerprint density at radius 3 is 2.05 bits per heavy atom. The van der Waals surface area contributed by atoms with E-state index in [4.69, 9.17) is 9.97 Å². The third kappa shape index (κ3) is 4.90. The molecule has 0 aliphatic carbocycles. The number of likely N-dealkylation sites (N-methyl/N-ethyl adjacent to an activating group) is 1. The molecule has 1 unspecified atom stereocenters. The molecule has 0 aromatic carbocycles. The summed E-state index contributed by atoms with van der Waals surface area (Å²) in [7, 11) is 0. The fourth-order valence-corrected chi connectivity index (χ4v) is 2.52. The number of rotatable bonds is 5. The van der Waals surface area contributed by atoms with Gasteiger partial charge in [-0.15, -0.1) is 0 Å². The van der Waals surface area contributed by atoms with Gasteiger partial charge in [0.05, 0.1) is 0 Å². The number of hydrogen-bond acceptors (Lipinski definition) is 3. The van der Waals surface area contributed by atoms with Gasteiger partial charge in [-0.3, -0.25) is 0 Å². The highest BCUT2D eigenvalue weighted by Gasteiger charge is 2.18. The highest BCUT2D eigenvalue weighted by atomic mass is 14.9. The van der Waals surface area contributed by atoms with Gasteiger partial charge in [-0.05, 0) is 37.3 Å². The van der Waals surface area contributed by atoms with Gasteiger partial charge in [0.15, 0.2) is 0 Å². The van der Waals surface area contributed by atoms with Crippen LogP contribution in [0.5, 0.6) is 0 Å². The van der Waals surface area contributed by atoms with Crippen LogP contribution in [0.25, 0.3) is 0 Å². The van der Waals surface area contributed by atoms with E-state index < -0.39 is 0 Å². The lowest BCUT2D eigenvalue weighted by molar-refractivity contribution is 0.399. The number of nitrogens with one attached hydrogen (secondary N) is 1. The van der Waals surface area contributed by atoms with Crippen molar-refractivity contribution in [2.45, 2.75) is 60.8 Å². The molecule has 0 radical (unpaired) electrons. The second kappa shape index (κ2) is 6.47. The molecule has 1 heterocycles. The summed E-state index contributed by atoms with van der Waals surface area (Å²) in [6, 6.07) is 0. The van der Waals surface area contributed by atoms with Gasteiger partial charge in [-0.1, -0.05) is 34.6 Å². The molecule has 0 fully saturated rings. The van der Waals surface area contributed by atoms with Crippen LogP contribution in [-0.4, -0.2) is 23.1 Å². The fraction of sp³-hybridized carbons (Fsp3) is 0.750. The Bertz CT molecular complexity index is 395. The Labute approximate surface area is 118 Å². The van der Waals surface area contributed by atoms with Crippen molar-refractivity contribution in [2.24, 2.45) is 5.41 Å². The first kappa shape index (κ1) is 16.1. The summed E-state index contributed by atoms with van der Waals surface area (Å²) in [5.74, 6) is 1.44. The smallest absolute Gasteiger partial charge is 0.129 e. The minimum Gasteiger partial charge on any atom is -0.316 e. The lowest BCUT2D eigenvalue weighted by Crippen LogP contribution is -2.22. The zero-order valence-electron chi connectivity index (χ0n) is 13.6. The van der Waals surface area contributed by atoms with E-state index in [2.05, 4.69) is 53.8 Å². The summed E-state index contributed by atoms with van der Waals surface area (Å²) in [6.07, 6.45) is 0.927. The topological polar surface area (TPSA) is 37.8 Å². The number of hydrogen-bond donors (Lipinski definition) is 1. The van der Waals surface area contributed by atoms with E-state index in [1.165, 1.54) is 5.56 Å². The van der Waals surface area contributed by atoms with Crippen molar-refractivity contribution in [3.05, 3.63) is 22.8 Å². The van der Waals surface area contributed by atoms with Crippen molar-refractivity contribution in [3.8, 4) is 0 Å². The molecular formula is C16H29N3. The van der Waals surface area contributed by atoms with E-state index in [0.29, 0.717) is 5.92 Å². The monoisotopic (exact) mass is 263 g/mol. The van der Waals surface area contributed by atoms with Crippen molar-refractivity contribution in [1.29, 1.82) is 0 Å². The highest BCUT2D eigenvalue weighted by Crippen LogP contribution is 2.23. The van der Waals surface area contributed by atoms with E-state index >= 15 is 0 Å². The van der Waals surface area contributed by atoms with E-state index in [0.717, 1.165) is 36.7 Å². The molecule has 1 atom stereocenters. The van der Waals surface area contributed by atoms with Gasteiger partial charge < -0.3 is 5.32 Å². The van der Waals surface area contributed by atoms with Crippen LogP contribution in [0.4, 0.5) is 0 Å². The Morgan fingerprint density at radius 1 is 1.11 bits per heavy atom. The maximum atomic E-state index is 4.71. The standard InChI is InChI=1S/C16H29N3/c1-8-17-10-11(2)15-12(3)18-14(19-13(15)4)9-16(5,6)7/h11,17H,8-10H2,1-7H3. The molecule has 0 saturated carbocycles. The highest BCUT2D eigenvalue weighted by molar-refractivity contribution is 5.28. The molecule has 1 rings (SSSR count). The van der Waals surface area contributed by atoms with Gasteiger partial charge in [0.25, 0.3) is 0 Å². The van der Waals surface area contributed by atoms with Crippen LogP contribution in [0.15, 0.2) is 0 Å². The van der Waals surface area contributed by atoms with Crippen LogP contribution >= 0.6 is 0 Å². The molecule has 1 aromatic heterocycles. The minimum atomic E-state index is 0.232. The number of nitrogens with zero attached hydrogens (tertiary/aromatic N) is 2. The van der Waals surface area contributed by atoms with Crippen molar-refractivity contribution in [1.82, 2.24) is 15.3 Å². The molecule has 108 valence electrons. The summed E-state index contributed by atoms with van der Waals surface area (Å²) in [5, 5.41) is 3.40. The predicted molar refractivity (Wildman–Crippen MR) is 81.6 cm³/mol. The molecule has 0 spiro atoms. The van der Waals surface area contributed by atoms with Crippen molar-refractivity contribution in [2.75, 3.05) is 13.1 Å². The van der Waals surface area contributed by atoms with Crippen LogP contribution in [0, 0.1) is 19.3 Å². The molecule has 3 heteroatoms. The largest absolute Gasteiger partial charge is 0.316 e. The SMILES string of the molecule is CCNCC(C)c1c(C)nc(CC(C)(C)C)nc1C. The third-order valence-corrected chi connectivity index (χ3v) is 3.25. The lowest BCUT2D eigenvalue weighted by Gasteiger charge is -2.21.